The van der Waals surface area contributed by atoms with Gasteiger partial charge in [-0.25, -0.2) is 8.78 Å². The lowest BCUT2D eigenvalue weighted by Crippen LogP contribution is -2.56. The fourth-order valence-corrected chi connectivity index (χ4v) is 11.3. The Hall–Kier alpha value is -4.05. The molecule has 4 fully saturated rings. The number of benzene rings is 2. The first-order valence-electron chi connectivity index (χ1n) is 28.7. The van der Waals surface area contributed by atoms with E-state index in [1.54, 1.807) is 13.8 Å². The van der Waals surface area contributed by atoms with Crippen molar-refractivity contribution in [3.05, 3.63) is 71.8 Å². The highest BCUT2D eigenvalue weighted by atomic mass is 19.3. The topological polar surface area (TPSA) is 152 Å². The summed E-state index contributed by atoms with van der Waals surface area (Å²) in [5.74, 6) is -11.8. The van der Waals surface area contributed by atoms with Crippen molar-refractivity contribution in [1.82, 2.24) is 0 Å². The van der Waals surface area contributed by atoms with E-state index in [0.717, 1.165) is 75.3 Å². The molecule has 6 rings (SSSR count). The maximum atomic E-state index is 14.8. The second kappa shape index (κ2) is 31.5. The number of halogens is 4. The van der Waals surface area contributed by atoms with Crippen molar-refractivity contribution in [1.29, 1.82) is 0 Å². The number of fused-ring (bicyclic) bond motifs is 1. The van der Waals surface area contributed by atoms with Gasteiger partial charge in [-0.2, -0.15) is 8.78 Å². The number of esters is 2. The van der Waals surface area contributed by atoms with Crippen LogP contribution in [0.5, 0.6) is 0 Å². The predicted octanol–water partition coefficient (Wildman–Crippen LogP) is 13.8. The number of rotatable bonds is 31. The minimum absolute atomic E-state index is 0.0546. The highest BCUT2D eigenvalue weighted by Crippen LogP contribution is 2.50. The summed E-state index contributed by atoms with van der Waals surface area (Å²) in [6, 6.07) is 19.1. The average molecular weight is 1070 g/mol. The molecule has 4 aliphatic rings. The molecule has 2 heterocycles. The second-order valence-corrected chi connectivity index (χ2v) is 22.3. The third-order valence-electron chi connectivity index (χ3n) is 16.3. The van der Waals surface area contributed by atoms with Crippen LogP contribution in [0.1, 0.15) is 199 Å². The maximum Gasteiger partial charge on any atom is 0.306 e. The summed E-state index contributed by atoms with van der Waals surface area (Å²) in [5, 5.41) is 10.7. The van der Waals surface area contributed by atoms with Gasteiger partial charge in [-0.3, -0.25) is 24.0 Å². The molecule has 0 aromatic heterocycles. The number of carbonyl (C=O) groups is 5. The molecule has 0 amide bonds. The van der Waals surface area contributed by atoms with E-state index in [1.165, 1.54) is 0 Å². The van der Waals surface area contributed by atoms with Gasteiger partial charge in [0, 0.05) is 69.8 Å². The summed E-state index contributed by atoms with van der Waals surface area (Å²) in [7, 11) is 0. The molecule has 1 N–H and O–H groups in total. The Morgan fingerprint density at radius 1 is 0.684 bits per heavy atom. The molecule has 2 saturated heterocycles. The van der Waals surface area contributed by atoms with E-state index in [0.29, 0.717) is 58.0 Å². The first kappa shape index (κ1) is 62.8. The molecule has 2 aromatic rings. The van der Waals surface area contributed by atoms with Crippen LogP contribution >= 0.6 is 0 Å². The van der Waals surface area contributed by atoms with Crippen molar-refractivity contribution in [2.45, 2.75) is 238 Å². The fraction of sp³-hybridized carbons (Fsp3) is 0.721. The van der Waals surface area contributed by atoms with Crippen LogP contribution in [0.3, 0.4) is 0 Å². The molecule has 10 atom stereocenters. The van der Waals surface area contributed by atoms with Crippen molar-refractivity contribution >= 4 is 29.3 Å². The summed E-state index contributed by atoms with van der Waals surface area (Å²) < 4.78 is 86.9. The Balaban J connectivity index is 0.000000284. The zero-order chi connectivity index (χ0) is 55.1. The molecule has 76 heavy (non-hydrogen) atoms. The summed E-state index contributed by atoms with van der Waals surface area (Å²) in [4.78, 5) is 62.1. The Morgan fingerprint density at radius 3 is 1.78 bits per heavy atom. The van der Waals surface area contributed by atoms with E-state index < -0.39 is 48.5 Å². The number of carbonyl (C=O) groups excluding carboxylic acids is 5. The van der Waals surface area contributed by atoms with Crippen molar-refractivity contribution in [3.8, 4) is 0 Å². The maximum absolute atomic E-state index is 14.8. The normalized spacial score (nSPS) is 25.5. The van der Waals surface area contributed by atoms with E-state index in [1.807, 2.05) is 74.5 Å². The minimum Gasteiger partial charge on any atom is -0.461 e. The van der Waals surface area contributed by atoms with Gasteiger partial charge < -0.3 is 28.8 Å². The zero-order valence-electron chi connectivity index (χ0n) is 45.8. The second-order valence-electron chi connectivity index (χ2n) is 22.3. The summed E-state index contributed by atoms with van der Waals surface area (Å²) in [6.07, 6.45) is 10.7. The van der Waals surface area contributed by atoms with Gasteiger partial charge in [0.25, 0.3) is 0 Å². The molecule has 0 radical (unpaired) electrons. The van der Waals surface area contributed by atoms with Crippen LogP contribution in [-0.4, -0.2) is 77.1 Å². The molecular formula is C61H88F4O11. The third kappa shape index (κ3) is 20.0. The molecule has 2 unspecified atom stereocenters. The first-order valence-corrected chi connectivity index (χ1v) is 28.7. The number of hydrogen-bond acceptors (Lipinski definition) is 11. The first-order chi connectivity index (χ1) is 36.3. The largest absolute Gasteiger partial charge is 0.461 e. The van der Waals surface area contributed by atoms with Gasteiger partial charge in [-0.1, -0.05) is 140 Å². The summed E-state index contributed by atoms with van der Waals surface area (Å²) >= 11 is 0. The molecule has 426 valence electrons. The minimum atomic E-state index is -3.35. The molecule has 2 aliphatic heterocycles. The van der Waals surface area contributed by atoms with Crippen LogP contribution in [0.2, 0.25) is 0 Å². The average Bonchev–Trinajstić information content (AvgIpc) is 3.88. The number of unbranched alkanes of at least 4 members (excludes halogenated alkanes) is 6. The number of alkyl halides is 4. The van der Waals surface area contributed by atoms with Gasteiger partial charge >= 0.3 is 23.8 Å². The number of ketones is 3. The quantitative estimate of drug-likeness (QED) is 0.0436. The molecule has 11 nitrogen and oxygen atoms in total. The SMILES string of the molecule is CC[C@H](C)CC(F)(F)C(=O)CC[C@H]1[C@H](OC2CCCCO2)CC(=O)[C@@H]1CCCCCCC(=O)OCc1ccccc1.CC[C@H](C)CC(F)(F)C1(O)CC[C@H]2[C@@H](CC(=O)[C@@H]2CCCCCCC(=O)OCc2ccccc2)O1. The van der Waals surface area contributed by atoms with Gasteiger partial charge in [-0.15, -0.1) is 0 Å². The van der Waals surface area contributed by atoms with Crippen LogP contribution in [0.15, 0.2) is 60.7 Å². The lowest BCUT2D eigenvalue weighted by Gasteiger charge is -2.44. The van der Waals surface area contributed by atoms with Gasteiger partial charge in [0.1, 0.15) is 24.8 Å². The number of ether oxygens (including phenoxy) is 5. The van der Waals surface area contributed by atoms with E-state index in [2.05, 4.69) is 0 Å². The van der Waals surface area contributed by atoms with Crippen LogP contribution in [0, 0.1) is 35.5 Å². The predicted molar refractivity (Wildman–Crippen MR) is 281 cm³/mol. The van der Waals surface area contributed by atoms with E-state index in [9.17, 15) is 46.6 Å². The van der Waals surface area contributed by atoms with Gasteiger partial charge in [0.15, 0.2) is 6.29 Å². The lowest BCUT2D eigenvalue weighted by molar-refractivity contribution is -0.358. The Morgan fingerprint density at radius 2 is 1.22 bits per heavy atom. The van der Waals surface area contributed by atoms with Crippen molar-refractivity contribution in [2.24, 2.45) is 35.5 Å². The standard InChI is InChI=1S/C33H48F2O6.C28H40F2O5/c1-3-24(2)22-33(34,35)30(37)19-18-27-26(28(36)21-29(27)41-32-17-11-12-20-39-32)15-9-4-5-10-16-31(38)40-23-25-13-7-6-8-14-25;1-3-20(2)18-27(29,30)28(33)16-15-23-22(24(31)17-25(23)35-28)13-9-4-5-10-14-26(32)34-19-21-11-7-6-8-12-21/h6-8,13-14,24,26-27,29,32H,3-5,9-12,15-23H2,1-2H3;6-8,11-12,20,22-23,25,33H,3-5,9-10,13-19H2,1-2H3/t24-,26+,27+,29+,32?;20-,22+,23+,25+,28?/m00/s1. The Kier molecular flexibility index (Phi) is 26.0. The molecular weight excluding hydrogens is 985 g/mol. The van der Waals surface area contributed by atoms with Crippen molar-refractivity contribution in [2.75, 3.05) is 6.61 Å². The van der Waals surface area contributed by atoms with Crippen molar-refractivity contribution < 1.29 is 70.3 Å². The van der Waals surface area contributed by atoms with Gasteiger partial charge in [0.2, 0.25) is 11.6 Å². The lowest BCUT2D eigenvalue weighted by atomic mass is 9.81. The van der Waals surface area contributed by atoms with E-state index in [-0.39, 0.29) is 111 Å². The van der Waals surface area contributed by atoms with Gasteiger partial charge in [-0.05, 0) is 92.6 Å². The highest BCUT2D eigenvalue weighted by molar-refractivity contribution is 5.87. The monoisotopic (exact) mass is 1070 g/mol. The van der Waals surface area contributed by atoms with E-state index in [4.69, 9.17) is 23.7 Å². The molecule has 0 bridgehead atoms. The van der Waals surface area contributed by atoms with E-state index >= 15 is 0 Å². The molecule has 2 aliphatic carbocycles. The number of aliphatic hydroxyl groups is 1. The fourth-order valence-electron chi connectivity index (χ4n) is 11.3. The summed E-state index contributed by atoms with van der Waals surface area (Å²) in [6.45, 7) is 8.33. The van der Waals surface area contributed by atoms with Gasteiger partial charge in [0.05, 0.1) is 12.2 Å². The molecule has 0 spiro atoms. The molecule has 2 saturated carbocycles. The highest BCUT2D eigenvalue weighted by Gasteiger charge is 2.60. The smallest absolute Gasteiger partial charge is 0.306 e. The molecule has 15 heteroatoms. The zero-order valence-corrected chi connectivity index (χ0v) is 45.8. The summed E-state index contributed by atoms with van der Waals surface area (Å²) in [5.41, 5.74) is 1.92. The van der Waals surface area contributed by atoms with Crippen molar-refractivity contribution in [3.63, 3.8) is 0 Å². The molecule has 2 aromatic carbocycles. The third-order valence-corrected chi connectivity index (χ3v) is 16.3. The number of Topliss-reactive ketones (excluding diaryl/α,β-unsaturated/α-hetero) is 3. The van der Waals surface area contributed by atoms with Crippen LogP contribution < -0.4 is 0 Å². The Labute approximate surface area is 449 Å². The van der Waals surface area contributed by atoms with Crippen LogP contribution in [0.4, 0.5) is 17.6 Å². The Bertz CT molecular complexity index is 2070. The number of hydrogen-bond donors (Lipinski definition) is 1. The van der Waals surface area contributed by atoms with Crippen LogP contribution in [-0.2, 0) is 60.9 Å². The van der Waals surface area contributed by atoms with Crippen LogP contribution in [0.25, 0.3) is 0 Å².